The topological polar surface area (TPSA) is 53.6 Å². The van der Waals surface area contributed by atoms with E-state index in [9.17, 15) is 0 Å². The second kappa shape index (κ2) is 8.46. The SMILES string of the molecule is CN/N=C(C)\C=C(/N)N1CCCCCC1c1ccc(Cl)cc1Cl. The van der Waals surface area contributed by atoms with Crippen LogP contribution in [0.15, 0.2) is 35.2 Å². The van der Waals surface area contributed by atoms with Crippen LogP contribution in [0, 0.1) is 0 Å². The lowest BCUT2D eigenvalue weighted by Gasteiger charge is -2.33. The third-order valence-electron chi connectivity index (χ3n) is 4.05. The Morgan fingerprint density at radius 3 is 2.83 bits per heavy atom. The summed E-state index contributed by atoms with van der Waals surface area (Å²) in [5.74, 6) is 0.722. The highest BCUT2D eigenvalue weighted by atomic mass is 35.5. The first-order valence-corrected chi connectivity index (χ1v) is 8.68. The number of nitrogens with one attached hydrogen (secondary N) is 1. The van der Waals surface area contributed by atoms with E-state index in [1.54, 1.807) is 13.1 Å². The molecule has 1 aromatic rings. The van der Waals surface area contributed by atoms with Crippen molar-refractivity contribution >= 4 is 28.9 Å². The normalized spacial score (nSPS) is 20.3. The number of likely N-dealkylation sites (tertiary alicyclic amines) is 1. The van der Waals surface area contributed by atoms with Gasteiger partial charge in [-0.3, -0.25) is 0 Å². The number of hydrazone groups is 1. The van der Waals surface area contributed by atoms with Crippen molar-refractivity contribution in [3.8, 4) is 0 Å². The van der Waals surface area contributed by atoms with E-state index in [-0.39, 0.29) is 6.04 Å². The average molecular weight is 355 g/mol. The molecule has 2 rings (SSSR count). The molecule has 23 heavy (non-hydrogen) atoms. The van der Waals surface area contributed by atoms with Crippen LogP contribution in [0.5, 0.6) is 0 Å². The molecular formula is C17H24Cl2N4. The molecule has 0 spiro atoms. The first-order chi connectivity index (χ1) is 11.0. The van der Waals surface area contributed by atoms with E-state index in [0.717, 1.165) is 42.9 Å². The molecule has 1 aliphatic rings. The number of hydrogen-bond donors (Lipinski definition) is 2. The smallest absolute Gasteiger partial charge is 0.101 e. The van der Waals surface area contributed by atoms with Gasteiger partial charge in [0.05, 0.1) is 11.8 Å². The lowest BCUT2D eigenvalue weighted by atomic mass is 10.0. The molecular weight excluding hydrogens is 331 g/mol. The summed E-state index contributed by atoms with van der Waals surface area (Å²) in [4.78, 5) is 2.23. The number of rotatable bonds is 4. The summed E-state index contributed by atoms with van der Waals surface area (Å²) in [6.07, 6.45) is 6.42. The Kier molecular flexibility index (Phi) is 6.60. The summed E-state index contributed by atoms with van der Waals surface area (Å²) in [7, 11) is 1.77. The van der Waals surface area contributed by atoms with Gasteiger partial charge in [-0.25, -0.2) is 0 Å². The van der Waals surface area contributed by atoms with Gasteiger partial charge in [-0.15, -0.1) is 0 Å². The molecule has 1 aliphatic heterocycles. The molecule has 3 N–H and O–H groups in total. The fourth-order valence-electron chi connectivity index (χ4n) is 3.02. The molecule has 0 aliphatic carbocycles. The third kappa shape index (κ3) is 4.79. The van der Waals surface area contributed by atoms with Gasteiger partial charge in [0.1, 0.15) is 5.82 Å². The van der Waals surface area contributed by atoms with Gasteiger partial charge in [-0.2, -0.15) is 5.10 Å². The van der Waals surface area contributed by atoms with Crippen molar-refractivity contribution in [3.05, 3.63) is 45.7 Å². The summed E-state index contributed by atoms with van der Waals surface area (Å²) in [5, 5.41) is 5.50. The van der Waals surface area contributed by atoms with Crippen LogP contribution < -0.4 is 11.2 Å². The minimum atomic E-state index is 0.168. The molecule has 1 aromatic carbocycles. The molecule has 0 amide bonds. The van der Waals surface area contributed by atoms with E-state index in [0.29, 0.717) is 10.0 Å². The number of nitrogens with zero attached hydrogens (tertiary/aromatic N) is 2. The molecule has 1 saturated heterocycles. The van der Waals surface area contributed by atoms with Crippen LogP contribution in [0.1, 0.15) is 44.2 Å². The Hall–Kier alpha value is -1.39. The zero-order valence-corrected chi connectivity index (χ0v) is 15.2. The van der Waals surface area contributed by atoms with Gasteiger partial charge in [0.15, 0.2) is 0 Å². The maximum absolute atomic E-state index is 6.44. The molecule has 1 fully saturated rings. The molecule has 0 bridgehead atoms. The van der Waals surface area contributed by atoms with Crippen molar-refractivity contribution in [2.75, 3.05) is 13.6 Å². The van der Waals surface area contributed by atoms with Gasteiger partial charge in [-0.1, -0.05) is 42.1 Å². The number of hydrogen-bond acceptors (Lipinski definition) is 4. The van der Waals surface area contributed by atoms with Crippen LogP contribution in [0.4, 0.5) is 0 Å². The van der Waals surface area contributed by atoms with Crippen molar-refractivity contribution in [1.29, 1.82) is 0 Å². The van der Waals surface area contributed by atoms with Crippen molar-refractivity contribution in [3.63, 3.8) is 0 Å². The Labute approximate surface area is 148 Å². The maximum atomic E-state index is 6.44. The molecule has 6 heteroatoms. The highest BCUT2D eigenvalue weighted by Gasteiger charge is 2.25. The van der Waals surface area contributed by atoms with Crippen LogP contribution in [0.2, 0.25) is 10.0 Å². The van der Waals surface area contributed by atoms with Crippen molar-refractivity contribution in [2.45, 2.75) is 38.6 Å². The number of allylic oxidation sites excluding steroid dienone is 1. The van der Waals surface area contributed by atoms with E-state index >= 15 is 0 Å². The maximum Gasteiger partial charge on any atom is 0.101 e. The second-order valence-electron chi connectivity index (χ2n) is 5.77. The Bertz CT molecular complexity index is 598. The van der Waals surface area contributed by atoms with Crippen LogP contribution in [0.25, 0.3) is 0 Å². The predicted octanol–water partition coefficient (Wildman–Crippen LogP) is 4.31. The molecule has 0 radical (unpaired) electrons. The minimum absolute atomic E-state index is 0.168. The van der Waals surface area contributed by atoms with Gasteiger partial charge in [0, 0.05) is 29.7 Å². The van der Waals surface area contributed by atoms with Crippen LogP contribution in [-0.2, 0) is 0 Å². The Balaban J connectivity index is 2.35. The number of halogens is 2. The molecule has 1 atom stereocenters. The van der Waals surface area contributed by atoms with Gasteiger partial charge >= 0.3 is 0 Å². The van der Waals surface area contributed by atoms with E-state index < -0.39 is 0 Å². The molecule has 126 valence electrons. The minimum Gasteiger partial charge on any atom is -0.385 e. The van der Waals surface area contributed by atoms with Crippen molar-refractivity contribution < 1.29 is 0 Å². The molecule has 4 nitrogen and oxygen atoms in total. The van der Waals surface area contributed by atoms with Gasteiger partial charge in [0.25, 0.3) is 0 Å². The average Bonchev–Trinajstić information content (AvgIpc) is 2.73. The van der Waals surface area contributed by atoms with E-state index in [4.69, 9.17) is 28.9 Å². The summed E-state index contributed by atoms with van der Waals surface area (Å²) in [5.41, 5.74) is 11.1. The highest BCUT2D eigenvalue weighted by molar-refractivity contribution is 6.35. The molecule has 0 aromatic heterocycles. The monoisotopic (exact) mass is 354 g/mol. The van der Waals surface area contributed by atoms with Crippen molar-refractivity contribution in [1.82, 2.24) is 10.3 Å². The standard InChI is InChI=1S/C17H24Cl2N4/c1-12(22-21-2)10-17(20)23-9-5-3-4-6-16(23)14-8-7-13(18)11-15(14)19/h7-8,10-11,16,21H,3-6,9,20H2,1-2H3/b17-10+,22-12-. The van der Waals surface area contributed by atoms with E-state index in [1.165, 1.54) is 6.42 Å². The van der Waals surface area contributed by atoms with Crippen LogP contribution >= 0.6 is 23.2 Å². The predicted molar refractivity (Wildman–Crippen MR) is 98.8 cm³/mol. The van der Waals surface area contributed by atoms with E-state index in [2.05, 4.69) is 15.4 Å². The van der Waals surface area contributed by atoms with Crippen molar-refractivity contribution in [2.24, 2.45) is 10.8 Å². The Morgan fingerprint density at radius 1 is 1.35 bits per heavy atom. The second-order valence-corrected chi connectivity index (χ2v) is 6.61. The van der Waals surface area contributed by atoms with Gasteiger partial charge in [0.2, 0.25) is 0 Å². The molecule has 1 unspecified atom stereocenters. The summed E-state index contributed by atoms with van der Waals surface area (Å²) in [6, 6.07) is 5.87. The zero-order valence-electron chi connectivity index (χ0n) is 13.6. The molecule has 0 saturated carbocycles. The number of nitrogens with two attached hydrogens (primary N) is 1. The van der Waals surface area contributed by atoms with Gasteiger partial charge < -0.3 is 16.1 Å². The lowest BCUT2D eigenvalue weighted by Crippen LogP contribution is -2.32. The Morgan fingerprint density at radius 2 is 2.13 bits per heavy atom. The zero-order chi connectivity index (χ0) is 16.8. The highest BCUT2D eigenvalue weighted by Crippen LogP contribution is 2.36. The van der Waals surface area contributed by atoms with Gasteiger partial charge in [-0.05, 0) is 37.5 Å². The summed E-state index contributed by atoms with van der Waals surface area (Å²) >= 11 is 12.5. The van der Waals surface area contributed by atoms with E-state index in [1.807, 2.05) is 25.1 Å². The fraction of sp³-hybridized carbons (Fsp3) is 0.471. The number of benzene rings is 1. The van der Waals surface area contributed by atoms with Crippen LogP contribution in [-0.4, -0.2) is 24.2 Å². The van der Waals surface area contributed by atoms with Crippen LogP contribution in [0.3, 0.4) is 0 Å². The summed E-state index contributed by atoms with van der Waals surface area (Å²) < 4.78 is 0. The first kappa shape index (κ1) is 18.0. The fourth-order valence-corrected chi connectivity index (χ4v) is 3.55. The summed E-state index contributed by atoms with van der Waals surface area (Å²) in [6.45, 7) is 2.84. The largest absolute Gasteiger partial charge is 0.385 e. The molecule has 1 heterocycles. The first-order valence-electron chi connectivity index (χ1n) is 7.92. The lowest BCUT2D eigenvalue weighted by molar-refractivity contribution is 0.257. The quantitative estimate of drug-likeness (QED) is 0.625. The third-order valence-corrected chi connectivity index (χ3v) is 4.61.